The first-order valence-corrected chi connectivity index (χ1v) is 14.5. The first-order valence-electron chi connectivity index (χ1n) is 12.5. The number of amidine groups is 1. The number of thiazole rings is 1. The number of halogens is 1. The van der Waals surface area contributed by atoms with Gasteiger partial charge in [0.05, 0.1) is 40.0 Å². The van der Waals surface area contributed by atoms with Gasteiger partial charge in [-0.2, -0.15) is 4.99 Å². The van der Waals surface area contributed by atoms with Gasteiger partial charge in [-0.05, 0) is 72.3 Å². The molecule has 41 heavy (non-hydrogen) atoms. The Morgan fingerprint density at radius 2 is 1.71 bits per heavy atom. The number of imide groups is 1. The van der Waals surface area contributed by atoms with Crippen molar-refractivity contribution >= 4 is 79.0 Å². The number of aliphatic imine (C=N–C) groups is 1. The molecule has 0 N–H and O–H groups in total. The highest BCUT2D eigenvalue weighted by atomic mass is 35.5. The first kappa shape index (κ1) is 27.2. The molecular formula is C29H21ClN4O5S2. The van der Waals surface area contributed by atoms with Crippen LogP contribution >= 0.6 is 34.7 Å². The molecule has 0 radical (unpaired) electrons. The number of carbonyl (C=O) groups excluding carboxylic acids is 3. The number of carbonyl (C=O) groups is 3. The summed E-state index contributed by atoms with van der Waals surface area (Å²) in [6.07, 6.45) is 2.15. The van der Waals surface area contributed by atoms with E-state index in [2.05, 4.69) is 4.98 Å². The lowest BCUT2D eigenvalue weighted by atomic mass is 10.1. The monoisotopic (exact) mass is 604 g/mol. The third-order valence-electron chi connectivity index (χ3n) is 6.34. The largest absolute Gasteiger partial charge is 0.497 e. The molecule has 12 heteroatoms. The average molecular weight is 605 g/mol. The standard InChI is InChI=1S/C29H21ClN4O5S2/c1-38-19-10-7-17(8-11-19)15-24-27(37)33(29(41-24)32-28-31-22-12-9-18(30)16-23(22)40-28)13-4-14-39-34-25(35)20-5-2-3-6-21(20)26(34)36/h2-3,5-12,15-16H,4,13-14H2,1H3/b24-15-,32-29-. The van der Waals surface area contributed by atoms with Crippen LogP contribution in [0.4, 0.5) is 5.13 Å². The van der Waals surface area contributed by atoms with Crippen LogP contribution in [0.5, 0.6) is 5.75 Å². The van der Waals surface area contributed by atoms with Crippen molar-refractivity contribution in [3.05, 3.63) is 93.3 Å². The van der Waals surface area contributed by atoms with Crippen molar-refractivity contribution in [3.63, 3.8) is 0 Å². The lowest BCUT2D eigenvalue weighted by Crippen LogP contribution is -2.33. The van der Waals surface area contributed by atoms with Gasteiger partial charge in [-0.3, -0.25) is 24.1 Å². The number of fused-ring (bicyclic) bond motifs is 2. The summed E-state index contributed by atoms with van der Waals surface area (Å²) in [5, 5.41) is 2.35. The summed E-state index contributed by atoms with van der Waals surface area (Å²) in [5.74, 6) is -0.493. The number of hydroxylamine groups is 2. The zero-order chi connectivity index (χ0) is 28.5. The summed E-state index contributed by atoms with van der Waals surface area (Å²) < 4.78 is 6.11. The van der Waals surface area contributed by atoms with Crippen LogP contribution in [0, 0.1) is 0 Å². The van der Waals surface area contributed by atoms with E-state index >= 15 is 0 Å². The lowest BCUT2D eigenvalue weighted by Gasteiger charge is -2.17. The highest BCUT2D eigenvalue weighted by Gasteiger charge is 2.37. The zero-order valence-electron chi connectivity index (χ0n) is 21.6. The van der Waals surface area contributed by atoms with Crippen LogP contribution in [0.1, 0.15) is 32.7 Å². The SMILES string of the molecule is COc1ccc(/C=C2\S/C(=N\c3nc4ccc(Cl)cc4s3)N(CCCON3C(=O)c4ccccc4C3=O)C2=O)cc1. The fourth-order valence-electron chi connectivity index (χ4n) is 4.32. The van der Waals surface area contributed by atoms with Gasteiger partial charge in [0.25, 0.3) is 17.7 Å². The van der Waals surface area contributed by atoms with E-state index in [1.165, 1.54) is 23.1 Å². The smallest absolute Gasteiger partial charge is 0.285 e. The molecule has 2 aliphatic heterocycles. The second-order valence-electron chi connectivity index (χ2n) is 8.98. The van der Waals surface area contributed by atoms with Gasteiger partial charge < -0.3 is 4.74 Å². The number of hydrogen-bond donors (Lipinski definition) is 0. The second-order valence-corrected chi connectivity index (χ2v) is 11.4. The van der Waals surface area contributed by atoms with Crippen LogP contribution in [-0.4, -0.2) is 58.1 Å². The van der Waals surface area contributed by atoms with E-state index < -0.39 is 11.8 Å². The Morgan fingerprint density at radius 3 is 2.41 bits per heavy atom. The molecule has 6 rings (SSSR count). The van der Waals surface area contributed by atoms with Gasteiger partial charge in [0.15, 0.2) is 5.17 Å². The van der Waals surface area contributed by atoms with Crippen LogP contribution in [0.3, 0.4) is 0 Å². The van der Waals surface area contributed by atoms with Gasteiger partial charge in [0.2, 0.25) is 5.13 Å². The van der Waals surface area contributed by atoms with Crippen molar-refractivity contribution < 1.29 is 24.0 Å². The van der Waals surface area contributed by atoms with E-state index in [9.17, 15) is 14.4 Å². The third kappa shape index (κ3) is 5.49. The summed E-state index contributed by atoms with van der Waals surface area (Å²) in [6.45, 7) is 0.300. The Balaban J connectivity index is 1.20. The van der Waals surface area contributed by atoms with E-state index in [-0.39, 0.29) is 19.1 Å². The molecule has 3 heterocycles. The molecule has 3 aromatic carbocycles. The molecule has 1 fully saturated rings. The molecule has 0 aliphatic carbocycles. The minimum atomic E-state index is -0.499. The topological polar surface area (TPSA) is 101 Å². The van der Waals surface area contributed by atoms with Crippen molar-refractivity contribution in [2.24, 2.45) is 4.99 Å². The molecule has 3 amide bonds. The average Bonchev–Trinajstić information content (AvgIpc) is 3.59. The minimum absolute atomic E-state index is 0.0460. The van der Waals surface area contributed by atoms with E-state index in [4.69, 9.17) is 26.2 Å². The quantitative estimate of drug-likeness (QED) is 0.134. The van der Waals surface area contributed by atoms with E-state index in [1.54, 1.807) is 48.4 Å². The predicted molar refractivity (Wildman–Crippen MR) is 160 cm³/mol. The number of methoxy groups -OCH3 is 1. The fraction of sp³-hybridized carbons (Fsp3) is 0.138. The number of rotatable bonds is 8. The van der Waals surface area contributed by atoms with Gasteiger partial charge >= 0.3 is 0 Å². The van der Waals surface area contributed by atoms with Crippen LogP contribution in [-0.2, 0) is 9.63 Å². The minimum Gasteiger partial charge on any atom is -0.497 e. The Morgan fingerprint density at radius 1 is 0.976 bits per heavy atom. The Labute approximate surface area is 248 Å². The highest BCUT2D eigenvalue weighted by Crippen LogP contribution is 2.37. The van der Waals surface area contributed by atoms with Crippen molar-refractivity contribution in [3.8, 4) is 5.75 Å². The summed E-state index contributed by atoms with van der Waals surface area (Å²) in [7, 11) is 1.60. The zero-order valence-corrected chi connectivity index (χ0v) is 24.0. The molecule has 2 aliphatic rings. The summed E-state index contributed by atoms with van der Waals surface area (Å²) in [6, 6.07) is 19.4. The molecule has 0 saturated carbocycles. The number of amides is 3. The van der Waals surface area contributed by atoms with Crippen molar-refractivity contribution in [2.45, 2.75) is 6.42 Å². The van der Waals surface area contributed by atoms with Gasteiger partial charge in [-0.1, -0.05) is 47.2 Å². The second kappa shape index (κ2) is 11.5. The number of benzene rings is 3. The van der Waals surface area contributed by atoms with Gasteiger partial charge in [-0.15, -0.1) is 5.06 Å². The van der Waals surface area contributed by atoms with Gasteiger partial charge in [0.1, 0.15) is 5.75 Å². The number of ether oxygens (including phenoxy) is 1. The number of hydrogen-bond acceptors (Lipinski definition) is 9. The van der Waals surface area contributed by atoms with E-state index in [0.717, 1.165) is 26.6 Å². The molecule has 1 aromatic heterocycles. The van der Waals surface area contributed by atoms with Gasteiger partial charge in [0, 0.05) is 11.6 Å². The molecule has 206 valence electrons. The van der Waals surface area contributed by atoms with Crippen LogP contribution in [0.15, 0.2) is 76.6 Å². The van der Waals surface area contributed by atoms with Crippen LogP contribution < -0.4 is 4.74 Å². The normalized spacial score (nSPS) is 17.0. The number of aromatic nitrogens is 1. The molecular weight excluding hydrogens is 584 g/mol. The Bertz CT molecular complexity index is 1720. The highest BCUT2D eigenvalue weighted by molar-refractivity contribution is 8.18. The molecule has 1 saturated heterocycles. The van der Waals surface area contributed by atoms with Gasteiger partial charge in [-0.25, -0.2) is 4.98 Å². The van der Waals surface area contributed by atoms with Crippen molar-refractivity contribution in [1.82, 2.24) is 14.9 Å². The maximum atomic E-state index is 13.5. The number of thioether (sulfide) groups is 1. The van der Waals surface area contributed by atoms with Crippen molar-refractivity contribution in [2.75, 3.05) is 20.3 Å². The summed E-state index contributed by atoms with van der Waals surface area (Å²) in [4.78, 5) is 55.5. The third-order valence-corrected chi connectivity index (χ3v) is 8.49. The lowest BCUT2D eigenvalue weighted by molar-refractivity contribution is -0.123. The molecule has 0 spiro atoms. The summed E-state index contributed by atoms with van der Waals surface area (Å²) >= 11 is 8.76. The van der Waals surface area contributed by atoms with Crippen LogP contribution in [0.2, 0.25) is 5.02 Å². The number of nitrogens with zero attached hydrogens (tertiary/aromatic N) is 4. The fourth-order valence-corrected chi connectivity index (χ4v) is 6.50. The maximum absolute atomic E-state index is 13.5. The molecule has 0 bridgehead atoms. The predicted octanol–water partition coefficient (Wildman–Crippen LogP) is 6.18. The molecule has 4 aromatic rings. The Kier molecular flexibility index (Phi) is 7.59. The molecule has 0 atom stereocenters. The molecule has 9 nitrogen and oxygen atoms in total. The van der Waals surface area contributed by atoms with Crippen LogP contribution in [0.25, 0.3) is 16.3 Å². The van der Waals surface area contributed by atoms with E-state index in [0.29, 0.717) is 37.8 Å². The van der Waals surface area contributed by atoms with E-state index in [1.807, 2.05) is 36.4 Å². The summed E-state index contributed by atoms with van der Waals surface area (Å²) in [5.41, 5.74) is 2.22. The van der Waals surface area contributed by atoms with Crippen molar-refractivity contribution in [1.29, 1.82) is 0 Å². The molecule has 0 unspecified atom stereocenters. The Hall–Kier alpha value is -4.03. The maximum Gasteiger partial charge on any atom is 0.285 e. The first-order chi connectivity index (χ1) is 19.9.